The number of aromatic nitrogens is 2. The van der Waals surface area contributed by atoms with Crippen LogP contribution in [0.4, 0.5) is 0 Å². The van der Waals surface area contributed by atoms with Gasteiger partial charge in [-0.25, -0.2) is 4.98 Å². The molecule has 0 saturated carbocycles. The third-order valence-corrected chi connectivity index (χ3v) is 5.97. The molecule has 5 rings (SSSR count). The summed E-state index contributed by atoms with van der Waals surface area (Å²) >= 11 is 1.58. The highest BCUT2D eigenvalue weighted by atomic mass is 32.1. The minimum atomic E-state index is -0.0462. The molecule has 0 unspecified atom stereocenters. The highest BCUT2D eigenvalue weighted by molar-refractivity contribution is 7.13. The van der Waals surface area contributed by atoms with Crippen LogP contribution in [0.15, 0.2) is 52.4 Å². The summed E-state index contributed by atoms with van der Waals surface area (Å²) in [6, 6.07) is 13.8. The zero-order valence-corrected chi connectivity index (χ0v) is 16.7. The Bertz CT molecular complexity index is 1160. The van der Waals surface area contributed by atoms with Crippen LogP contribution in [0.3, 0.4) is 0 Å². The molecule has 0 radical (unpaired) electrons. The normalized spacial score (nSPS) is 14.4. The number of rotatable bonds is 3. The van der Waals surface area contributed by atoms with Crippen LogP contribution in [0.5, 0.6) is 0 Å². The number of benzene rings is 1. The number of carbonyl (C=O) groups excluding carboxylic acids is 1. The van der Waals surface area contributed by atoms with Gasteiger partial charge in [0.25, 0.3) is 11.6 Å². The fourth-order valence-corrected chi connectivity index (χ4v) is 4.20. The van der Waals surface area contributed by atoms with Gasteiger partial charge in [0.1, 0.15) is 5.69 Å². The van der Waals surface area contributed by atoms with E-state index in [4.69, 9.17) is 9.26 Å². The van der Waals surface area contributed by atoms with Crippen LogP contribution < -0.4 is 0 Å². The highest BCUT2D eigenvalue weighted by Gasteiger charge is 2.26. The van der Waals surface area contributed by atoms with Crippen molar-refractivity contribution in [2.45, 2.75) is 6.92 Å². The van der Waals surface area contributed by atoms with Crippen LogP contribution in [-0.4, -0.2) is 47.3 Å². The number of nitrogens with zero attached hydrogens (tertiary/aromatic N) is 3. The van der Waals surface area contributed by atoms with Crippen LogP contribution >= 0.6 is 11.3 Å². The maximum Gasteiger partial charge on any atom is 0.259 e. The zero-order chi connectivity index (χ0) is 19.8. The van der Waals surface area contributed by atoms with Crippen LogP contribution in [0, 0.1) is 6.92 Å². The smallest absolute Gasteiger partial charge is 0.259 e. The molecular weight excluding hydrogens is 386 g/mol. The summed E-state index contributed by atoms with van der Waals surface area (Å²) in [5.41, 5.74) is 4.36. The predicted molar refractivity (Wildman–Crippen MR) is 112 cm³/mol. The number of amides is 1. The molecule has 4 heterocycles. The largest absolute Gasteiger partial charge is 0.378 e. The van der Waals surface area contributed by atoms with Gasteiger partial charge in [-0.2, -0.15) is 0 Å². The van der Waals surface area contributed by atoms with Crippen molar-refractivity contribution in [2.24, 2.45) is 0 Å². The van der Waals surface area contributed by atoms with Crippen LogP contribution in [0.25, 0.3) is 32.9 Å². The van der Waals surface area contributed by atoms with Gasteiger partial charge in [-0.1, -0.05) is 41.1 Å². The lowest BCUT2D eigenvalue weighted by Gasteiger charge is -2.27. The first-order valence-corrected chi connectivity index (χ1v) is 10.4. The Morgan fingerprint density at radius 2 is 1.93 bits per heavy atom. The SMILES string of the molecule is Cc1ccc(-c2noc3nc(-c4cccs4)cc(C(=O)N4CCOCC4)c23)cc1. The lowest BCUT2D eigenvalue weighted by Crippen LogP contribution is -2.40. The number of aryl methyl sites for hydroxylation is 1. The molecule has 0 atom stereocenters. The van der Waals surface area contributed by atoms with Gasteiger partial charge >= 0.3 is 0 Å². The predicted octanol–water partition coefficient (Wildman–Crippen LogP) is 4.40. The first-order chi connectivity index (χ1) is 14.2. The summed E-state index contributed by atoms with van der Waals surface area (Å²) in [5, 5.41) is 6.92. The first-order valence-electron chi connectivity index (χ1n) is 9.49. The van der Waals surface area contributed by atoms with Crippen molar-refractivity contribution in [1.29, 1.82) is 0 Å². The van der Waals surface area contributed by atoms with Crippen LogP contribution in [0.2, 0.25) is 0 Å². The number of ether oxygens (including phenoxy) is 1. The first kappa shape index (κ1) is 18.0. The highest BCUT2D eigenvalue weighted by Crippen LogP contribution is 2.34. The van der Waals surface area contributed by atoms with E-state index in [-0.39, 0.29) is 5.91 Å². The van der Waals surface area contributed by atoms with E-state index in [1.54, 1.807) is 11.3 Å². The topological polar surface area (TPSA) is 68.5 Å². The number of pyridine rings is 1. The Hall–Kier alpha value is -3.03. The van der Waals surface area contributed by atoms with Gasteiger partial charge in [0.2, 0.25) is 0 Å². The maximum atomic E-state index is 13.4. The Balaban J connectivity index is 1.70. The van der Waals surface area contributed by atoms with Crippen molar-refractivity contribution in [2.75, 3.05) is 26.3 Å². The van der Waals surface area contributed by atoms with E-state index in [0.29, 0.717) is 48.7 Å². The molecule has 1 fully saturated rings. The van der Waals surface area contributed by atoms with E-state index in [2.05, 4.69) is 10.1 Å². The fraction of sp³-hybridized carbons (Fsp3) is 0.227. The second-order valence-corrected chi connectivity index (χ2v) is 7.96. The summed E-state index contributed by atoms with van der Waals surface area (Å²) in [7, 11) is 0. The second-order valence-electron chi connectivity index (χ2n) is 7.01. The Morgan fingerprint density at radius 1 is 1.14 bits per heavy atom. The van der Waals surface area contributed by atoms with Gasteiger partial charge in [-0.05, 0) is 24.4 Å². The third kappa shape index (κ3) is 3.32. The monoisotopic (exact) mass is 405 g/mol. The van der Waals surface area contributed by atoms with Gasteiger partial charge in [-0.15, -0.1) is 11.3 Å². The van der Waals surface area contributed by atoms with Crippen LogP contribution in [0.1, 0.15) is 15.9 Å². The molecule has 0 spiro atoms. The number of hydrogen-bond acceptors (Lipinski definition) is 6. The Kier molecular flexibility index (Phi) is 4.61. The fourth-order valence-electron chi connectivity index (χ4n) is 3.52. The third-order valence-electron chi connectivity index (χ3n) is 5.07. The minimum absolute atomic E-state index is 0.0462. The molecule has 4 aromatic rings. The average molecular weight is 405 g/mol. The molecule has 1 aliphatic heterocycles. The molecule has 29 heavy (non-hydrogen) atoms. The number of morpholine rings is 1. The molecule has 7 heteroatoms. The number of fused-ring (bicyclic) bond motifs is 1. The summed E-state index contributed by atoms with van der Waals surface area (Å²) in [6.07, 6.45) is 0. The second kappa shape index (κ2) is 7.42. The van der Waals surface area contributed by atoms with E-state index in [9.17, 15) is 4.79 Å². The standard InChI is InChI=1S/C22H19N3O3S/c1-14-4-6-15(7-5-14)20-19-16(22(26)25-8-10-27-11-9-25)13-17(18-3-2-12-29-18)23-21(19)28-24-20/h2-7,12-13H,8-11H2,1H3. The molecule has 3 aromatic heterocycles. The lowest BCUT2D eigenvalue weighted by molar-refractivity contribution is 0.0304. The van der Waals surface area contributed by atoms with Crippen molar-refractivity contribution in [3.63, 3.8) is 0 Å². The van der Waals surface area contributed by atoms with Gasteiger partial charge in [-0.3, -0.25) is 4.79 Å². The van der Waals surface area contributed by atoms with E-state index in [0.717, 1.165) is 21.7 Å². The van der Waals surface area contributed by atoms with Crippen molar-refractivity contribution in [3.8, 4) is 21.8 Å². The molecule has 146 valence electrons. The summed E-state index contributed by atoms with van der Waals surface area (Å²) in [4.78, 5) is 20.9. The summed E-state index contributed by atoms with van der Waals surface area (Å²) < 4.78 is 11.0. The molecule has 6 nitrogen and oxygen atoms in total. The average Bonchev–Trinajstić information content (AvgIpc) is 3.44. The molecule has 1 aromatic carbocycles. The summed E-state index contributed by atoms with van der Waals surface area (Å²) in [6.45, 7) is 4.27. The molecular formula is C22H19N3O3S. The molecule has 0 bridgehead atoms. The Labute approximate surface area is 171 Å². The number of carbonyl (C=O) groups is 1. The van der Waals surface area contributed by atoms with E-state index in [1.165, 1.54) is 0 Å². The molecule has 1 aliphatic rings. The molecule has 1 saturated heterocycles. The van der Waals surface area contributed by atoms with Crippen molar-refractivity contribution < 1.29 is 14.1 Å². The van der Waals surface area contributed by atoms with Gasteiger partial charge in [0.15, 0.2) is 0 Å². The van der Waals surface area contributed by atoms with E-state index < -0.39 is 0 Å². The van der Waals surface area contributed by atoms with Gasteiger partial charge in [0, 0.05) is 18.7 Å². The summed E-state index contributed by atoms with van der Waals surface area (Å²) in [5.74, 6) is -0.0462. The van der Waals surface area contributed by atoms with Gasteiger partial charge in [0.05, 0.1) is 34.7 Å². The zero-order valence-electron chi connectivity index (χ0n) is 15.9. The number of thiophene rings is 1. The van der Waals surface area contributed by atoms with E-state index >= 15 is 0 Å². The minimum Gasteiger partial charge on any atom is -0.378 e. The van der Waals surface area contributed by atoms with Crippen LogP contribution in [-0.2, 0) is 4.74 Å². The van der Waals surface area contributed by atoms with Crippen molar-refractivity contribution >= 4 is 28.3 Å². The van der Waals surface area contributed by atoms with Gasteiger partial charge < -0.3 is 14.2 Å². The molecule has 0 aliphatic carbocycles. The van der Waals surface area contributed by atoms with Crippen molar-refractivity contribution in [1.82, 2.24) is 15.0 Å². The molecule has 0 N–H and O–H groups in total. The molecule has 1 amide bonds. The number of hydrogen-bond donors (Lipinski definition) is 0. The Morgan fingerprint density at radius 3 is 2.66 bits per heavy atom. The van der Waals surface area contributed by atoms with Crippen molar-refractivity contribution in [3.05, 3.63) is 59.0 Å². The lowest BCUT2D eigenvalue weighted by atomic mass is 10.0. The quantitative estimate of drug-likeness (QED) is 0.505. The maximum absolute atomic E-state index is 13.4. The van der Waals surface area contributed by atoms with E-state index in [1.807, 2.05) is 59.7 Å².